The van der Waals surface area contributed by atoms with E-state index in [-0.39, 0.29) is 17.3 Å². The van der Waals surface area contributed by atoms with Gasteiger partial charge in [-0.15, -0.1) is 0 Å². The maximum atomic E-state index is 12.8. The molecule has 1 heterocycles. The smallest absolute Gasteiger partial charge is 0.420 e. The van der Waals surface area contributed by atoms with Gasteiger partial charge in [-0.3, -0.25) is 0 Å². The summed E-state index contributed by atoms with van der Waals surface area (Å²) in [5, 5.41) is 0. The van der Waals surface area contributed by atoms with Crippen molar-refractivity contribution in [2.24, 2.45) is 0 Å². The van der Waals surface area contributed by atoms with E-state index in [4.69, 9.17) is 10.5 Å². The van der Waals surface area contributed by atoms with Gasteiger partial charge in [0, 0.05) is 22.4 Å². The zero-order valence-electron chi connectivity index (χ0n) is 9.41. The number of aromatic nitrogens is 1. The third kappa shape index (κ3) is 3.37. The van der Waals surface area contributed by atoms with E-state index in [1.54, 1.807) is 6.07 Å². The second-order valence-electron chi connectivity index (χ2n) is 3.67. The number of hydrogen-bond donors (Lipinski definition) is 1. The summed E-state index contributed by atoms with van der Waals surface area (Å²) in [4.78, 5) is 3.85. The van der Waals surface area contributed by atoms with E-state index in [0.717, 1.165) is 6.07 Å². The van der Waals surface area contributed by atoms with Crippen LogP contribution in [0.4, 0.5) is 18.9 Å². The number of nitrogens with two attached hydrogens (primary N) is 1. The molecule has 19 heavy (non-hydrogen) atoms. The lowest BCUT2D eigenvalue weighted by molar-refractivity contribution is -0.138. The highest BCUT2D eigenvalue weighted by Crippen LogP contribution is 2.38. The molecule has 3 nitrogen and oxygen atoms in total. The van der Waals surface area contributed by atoms with Gasteiger partial charge >= 0.3 is 6.18 Å². The Balaban J connectivity index is 2.37. The largest absolute Gasteiger partial charge is 0.438 e. The lowest BCUT2D eigenvalue weighted by atomic mass is 10.1. The summed E-state index contributed by atoms with van der Waals surface area (Å²) in [6.45, 7) is 0. The number of halogens is 4. The van der Waals surface area contributed by atoms with Gasteiger partial charge in [0.25, 0.3) is 0 Å². The Morgan fingerprint density at radius 2 is 1.89 bits per heavy atom. The lowest BCUT2D eigenvalue weighted by Gasteiger charge is -2.13. The first-order valence-electron chi connectivity index (χ1n) is 5.12. The van der Waals surface area contributed by atoms with Crippen LogP contribution in [0.3, 0.4) is 0 Å². The van der Waals surface area contributed by atoms with Crippen molar-refractivity contribution in [3.63, 3.8) is 0 Å². The van der Waals surface area contributed by atoms with E-state index in [2.05, 4.69) is 20.9 Å². The first-order chi connectivity index (χ1) is 8.86. The average Bonchev–Trinajstić information content (AvgIpc) is 2.33. The summed E-state index contributed by atoms with van der Waals surface area (Å²) in [6.07, 6.45) is -3.11. The molecule has 0 bridgehead atoms. The van der Waals surface area contributed by atoms with Crippen molar-refractivity contribution in [3.05, 3.63) is 46.6 Å². The summed E-state index contributed by atoms with van der Waals surface area (Å²) in [6, 6.07) is 6.41. The monoisotopic (exact) mass is 332 g/mol. The van der Waals surface area contributed by atoms with Gasteiger partial charge in [0.15, 0.2) is 0 Å². The van der Waals surface area contributed by atoms with Gasteiger partial charge in [0.1, 0.15) is 11.3 Å². The third-order valence-corrected chi connectivity index (χ3v) is 2.69. The predicted molar refractivity (Wildman–Crippen MR) is 67.9 cm³/mol. The maximum Gasteiger partial charge on any atom is 0.420 e. The normalized spacial score (nSPS) is 11.4. The minimum atomic E-state index is -4.54. The fourth-order valence-electron chi connectivity index (χ4n) is 1.39. The van der Waals surface area contributed by atoms with Crippen molar-refractivity contribution < 1.29 is 17.9 Å². The van der Waals surface area contributed by atoms with Gasteiger partial charge in [-0.2, -0.15) is 13.2 Å². The van der Waals surface area contributed by atoms with E-state index in [1.165, 1.54) is 24.4 Å². The minimum Gasteiger partial charge on any atom is -0.438 e. The Bertz CT molecular complexity index is 585. The Morgan fingerprint density at radius 1 is 1.16 bits per heavy atom. The van der Waals surface area contributed by atoms with Crippen LogP contribution in [0.25, 0.3) is 0 Å². The van der Waals surface area contributed by atoms with Gasteiger partial charge in [-0.05, 0) is 40.2 Å². The molecule has 100 valence electrons. The molecule has 1 aromatic carbocycles. The van der Waals surface area contributed by atoms with Crippen LogP contribution in [0, 0.1) is 0 Å². The van der Waals surface area contributed by atoms with Crippen LogP contribution in [-0.4, -0.2) is 4.98 Å². The molecular formula is C12H8BrF3N2O. The second-order valence-corrected chi connectivity index (χ2v) is 4.59. The van der Waals surface area contributed by atoms with E-state index < -0.39 is 11.7 Å². The summed E-state index contributed by atoms with van der Waals surface area (Å²) >= 11 is 3.17. The van der Waals surface area contributed by atoms with Crippen LogP contribution in [0.15, 0.2) is 41.0 Å². The summed E-state index contributed by atoms with van der Waals surface area (Å²) in [5.41, 5.74) is 4.44. The molecular weight excluding hydrogens is 325 g/mol. The Morgan fingerprint density at radius 3 is 2.47 bits per heavy atom. The van der Waals surface area contributed by atoms with Crippen LogP contribution in [0.1, 0.15) is 5.56 Å². The van der Waals surface area contributed by atoms with Crippen molar-refractivity contribution in [1.82, 2.24) is 4.98 Å². The highest BCUT2D eigenvalue weighted by molar-refractivity contribution is 9.10. The number of pyridine rings is 1. The minimum absolute atomic E-state index is 0.0171. The van der Waals surface area contributed by atoms with Crippen molar-refractivity contribution >= 4 is 21.6 Å². The lowest BCUT2D eigenvalue weighted by Crippen LogP contribution is -2.08. The molecule has 0 saturated carbocycles. The fourth-order valence-corrected chi connectivity index (χ4v) is 1.63. The van der Waals surface area contributed by atoms with E-state index in [1.807, 2.05) is 0 Å². The van der Waals surface area contributed by atoms with Crippen LogP contribution in [-0.2, 0) is 6.18 Å². The van der Waals surface area contributed by atoms with E-state index in [9.17, 15) is 13.2 Å². The van der Waals surface area contributed by atoms with Gasteiger partial charge in [0.2, 0.25) is 5.88 Å². The van der Waals surface area contributed by atoms with Crippen LogP contribution in [0.2, 0.25) is 0 Å². The molecule has 0 aliphatic rings. The van der Waals surface area contributed by atoms with Gasteiger partial charge in [-0.25, -0.2) is 4.98 Å². The molecule has 0 amide bonds. The Hall–Kier alpha value is -1.76. The zero-order chi connectivity index (χ0) is 14.0. The standard InChI is InChI=1S/C12H8BrF3N2O/c13-7-1-4-11(18-6-7)19-10-3-2-8(17)5-9(10)12(14,15)16/h1-6H,17H2. The van der Waals surface area contributed by atoms with E-state index >= 15 is 0 Å². The van der Waals surface area contributed by atoms with Crippen LogP contribution in [0.5, 0.6) is 11.6 Å². The molecule has 0 spiro atoms. The molecule has 0 radical (unpaired) electrons. The maximum absolute atomic E-state index is 12.8. The van der Waals surface area contributed by atoms with Crippen LogP contribution < -0.4 is 10.5 Å². The van der Waals surface area contributed by atoms with Crippen molar-refractivity contribution in [3.8, 4) is 11.6 Å². The predicted octanol–water partition coefficient (Wildman–Crippen LogP) is 4.24. The average molecular weight is 333 g/mol. The summed E-state index contributed by atoms with van der Waals surface area (Å²) in [7, 11) is 0. The molecule has 2 N–H and O–H groups in total. The molecule has 0 aliphatic heterocycles. The number of benzene rings is 1. The first kappa shape index (κ1) is 13.7. The Kier molecular flexibility index (Phi) is 3.66. The topological polar surface area (TPSA) is 48.1 Å². The molecule has 0 saturated heterocycles. The highest BCUT2D eigenvalue weighted by atomic mass is 79.9. The molecule has 1 aromatic heterocycles. The molecule has 2 aromatic rings. The number of nitrogen functional groups attached to an aromatic ring is 1. The quantitative estimate of drug-likeness (QED) is 0.837. The third-order valence-electron chi connectivity index (χ3n) is 2.22. The number of alkyl halides is 3. The summed E-state index contributed by atoms with van der Waals surface area (Å²) in [5.74, 6) is -0.269. The van der Waals surface area contributed by atoms with Gasteiger partial charge in [0.05, 0.1) is 0 Å². The molecule has 2 rings (SSSR count). The molecule has 0 fully saturated rings. The van der Waals surface area contributed by atoms with Crippen molar-refractivity contribution in [2.75, 3.05) is 5.73 Å². The first-order valence-corrected chi connectivity index (χ1v) is 5.92. The zero-order valence-corrected chi connectivity index (χ0v) is 11.0. The number of ether oxygens (including phenoxy) is 1. The van der Waals surface area contributed by atoms with Crippen molar-refractivity contribution in [1.29, 1.82) is 0 Å². The Labute approximate surface area is 115 Å². The molecule has 7 heteroatoms. The second kappa shape index (κ2) is 5.08. The number of anilines is 1. The van der Waals surface area contributed by atoms with Gasteiger partial charge in [-0.1, -0.05) is 0 Å². The number of nitrogens with zero attached hydrogens (tertiary/aromatic N) is 1. The number of rotatable bonds is 2. The fraction of sp³-hybridized carbons (Fsp3) is 0.0833. The number of hydrogen-bond acceptors (Lipinski definition) is 3. The highest BCUT2D eigenvalue weighted by Gasteiger charge is 2.34. The molecule has 0 atom stereocenters. The molecule has 0 aliphatic carbocycles. The summed E-state index contributed by atoms with van der Waals surface area (Å²) < 4.78 is 44.3. The SMILES string of the molecule is Nc1ccc(Oc2ccc(Br)cn2)c(C(F)(F)F)c1. The van der Waals surface area contributed by atoms with Crippen molar-refractivity contribution in [2.45, 2.75) is 6.18 Å². The van der Waals surface area contributed by atoms with Gasteiger partial charge < -0.3 is 10.5 Å². The molecule has 0 unspecified atom stereocenters. The van der Waals surface area contributed by atoms with Crippen LogP contribution >= 0.6 is 15.9 Å². The van der Waals surface area contributed by atoms with E-state index in [0.29, 0.717) is 4.47 Å².